The van der Waals surface area contributed by atoms with E-state index in [2.05, 4.69) is 6.58 Å². The summed E-state index contributed by atoms with van der Waals surface area (Å²) in [6.07, 6.45) is 1.44. The molecule has 0 aromatic carbocycles. The second-order valence-electron chi connectivity index (χ2n) is 13.1. The van der Waals surface area contributed by atoms with Crippen LogP contribution in [0.3, 0.4) is 0 Å². The molecule has 2 saturated heterocycles. The number of carbonyl (C=O) groups is 9. The van der Waals surface area contributed by atoms with Gasteiger partial charge in [-0.1, -0.05) is 13.0 Å². The van der Waals surface area contributed by atoms with Gasteiger partial charge in [-0.2, -0.15) is 0 Å². The molecule has 0 aromatic heterocycles. The summed E-state index contributed by atoms with van der Waals surface area (Å²) in [6.45, 7) is 4.21. The van der Waals surface area contributed by atoms with Gasteiger partial charge in [0.05, 0.1) is 56.8 Å². The molecule has 28 nitrogen and oxygen atoms in total. The number of carbonyl (C=O) groups excluding carboxylic acids is 2. The number of hydrogen-bond acceptors (Lipinski definition) is 17. The highest BCUT2D eigenvalue weighted by molar-refractivity contribution is 5.91. The van der Waals surface area contributed by atoms with Gasteiger partial charge in [0.1, 0.15) is 0 Å². The van der Waals surface area contributed by atoms with E-state index in [4.69, 9.17) is 72.1 Å². The van der Waals surface area contributed by atoms with Crippen LogP contribution >= 0.6 is 0 Å². The van der Waals surface area contributed by atoms with Crippen molar-refractivity contribution in [1.29, 1.82) is 0 Å². The third kappa shape index (κ3) is 40.5. The Hall–Kier alpha value is -6.01. The smallest absolute Gasteiger partial charge is 0.331 e. The van der Waals surface area contributed by atoms with Gasteiger partial charge in [0, 0.05) is 70.3 Å². The van der Waals surface area contributed by atoms with E-state index in [-0.39, 0.29) is 119 Å². The number of aliphatic carboxylic acids is 7. The van der Waals surface area contributed by atoms with Crippen LogP contribution in [0.15, 0.2) is 23.7 Å². The van der Waals surface area contributed by atoms with Crippen LogP contribution in [0.1, 0.15) is 70.6 Å². The third-order valence-electron chi connectivity index (χ3n) is 7.95. The lowest BCUT2D eigenvalue weighted by Crippen LogP contribution is -2.29. The number of hydrogen-bond donors (Lipinski definition) is 14. The lowest BCUT2D eigenvalue weighted by Gasteiger charge is -2.13. The van der Waals surface area contributed by atoms with Crippen molar-refractivity contribution < 1.29 is 126 Å². The summed E-state index contributed by atoms with van der Waals surface area (Å²) < 4.78 is 0. The molecule has 0 aromatic rings. The second kappa shape index (κ2) is 43.3. The number of rotatable bonds is 23. The lowest BCUT2D eigenvalue weighted by atomic mass is 9.99. The number of likely N-dealkylation sites (tertiary alicyclic amines) is 2. The fourth-order valence-corrected chi connectivity index (χ4v) is 4.74. The summed E-state index contributed by atoms with van der Waals surface area (Å²) in [5.41, 5.74) is 4.46. The predicted octanol–water partition coefficient (Wildman–Crippen LogP) is -4.71. The van der Waals surface area contributed by atoms with Gasteiger partial charge >= 0.3 is 41.8 Å². The van der Waals surface area contributed by atoms with Crippen molar-refractivity contribution in [3.63, 3.8) is 0 Å². The molecule has 0 aliphatic carbocycles. The molecule has 2 amide bonds. The Kier molecular flexibility index (Phi) is 47.0. The minimum Gasteiger partial charge on any atom is -0.629 e. The molecule has 0 bridgehead atoms. The van der Waals surface area contributed by atoms with Crippen molar-refractivity contribution in [1.82, 2.24) is 9.80 Å². The van der Waals surface area contributed by atoms with E-state index >= 15 is 0 Å². The SMILES string of the molecule is C=C(CC(=O)O)C(=O)O.NCCO.O.O.O=C(O)C/C(CCCCO)=C(/[O-])O.O=C(O)C1CC(=O)N(CCO)C1.O=C(O)C1CC(=O)N(CCO)C1.O=C(O)CC(CCCCO)C(=O)O. The second-order valence-corrected chi connectivity index (χ2v) is 13.1. The number of amides is 2. The van der Waals surface area contributed by atoms with E-state index in [0.717, 1.165) is 0 Å². The first-order valence-corrected chi connectivity index (χ1v) is 19.0. The average Bonchev–Trinajstić information content (AvgIpc) is 3.76. The molecule has 380 valence electrons. The molecular formula is C37H66N3O25-. The van der Waals surface area contributed by atoms with Crippen molar-refractivity contribution in [3.05, 3.63) is 23.7 Å². The van der Waals surface area contributed by atoms with Crippen LogP contribution in [-0.4, -0.2) is 206 Å². The maximum absolute atomic E-state index is 11.0. The quantitative estimate of drug-likeness (QED) is 0.0260. The molecule has 2 heterocycles. The molecule has 2 aliphatic heterocycles. The summed E-state index contributed by atoms with van der Waals surface area (Å²) >= 11 is 0. The maximum atomic E-state index is 11.0. The zero-order chi connectivity index (χ0) is 49.7. The zero-order valence-corrected chi connectivity index (χ0v) is 35.7. The summed E-state index contributed by atoms with van der Waals surface area (Å²) in [6, 6.07) is 0. The molecular weight excluding hydrogens is 886 g/mol. The Morgan fingerprint density at radius 1 is 0.631 bits per heavy atom. The molecule has 2 rings (SSSR count). The fourth-order valence-electron chi connectivity index (χ4n) is 4.74. The molecule has 65 heavy (non-hydrogen) atoms. The fraction of sp³-hybridized carbons (Fsp3) is 0.649. The first-order chi connectivity index (χ1) is 29.4. The van der Waals surface area contributed by atoms with Crippen molar-refractivity contribution >= 4 is 53.6 Å². The van der Waals surface area contributed by atoms with Gasteiger partial charge in [0.25, 0.3) is 0 Å². The number of carboxylic acid groups (broad SMARTS) is 7. The van der Waals surface area contributed by atoms with E-state index in [0.29, 0.717) is 38.6 Å². The Morgan fingerprint density at radius 2 is 1.03 bits per heavy atom. The minimum absolute atomic E-state index is 0. The monoisotopic (exact) mass is 952 g/mol. The van der Waals surface area contributed by atoms with Gasteiger partial charge in [-0.25, -0.2) is 4.79 Å². The highest BCUT2D eigenvalue weighted by atomic mass is 16.5. The maximum Gasteiger partial charge on any atom is 0.331 e. The average molecular weight is 953 g/mol. The van der Waals surface area contributed by atoms with Crippen LogP contribution < -0.4 is 10.8 Å². The normalized spacial score (nSPS) is 15.2. The largest absolute Gasteiger partial charge is 0.629 e. The highest BCUT2D eigenvalue weighted by Crippen LogP contribution is 2.18. The molecule has 19 N–H and O–H groups in total. The van der Waals surface area contributed by atoms with E-state index < -0.39 is 78.3 Å². The number of nitrogens with two attached hydrogens (primary N) is 1. The Morgan fingerprint density at radius 3 is 1.28 bits per heavy atom. The van der Waals surface area contributed by atoms with Crippen molar-refractivity contribution in [2.24, 2.45) is 23.5 Å². The highest BCUT2D eigenvalue weighted by Gasteiger charge is 2.34. The Balaban J connectivity index is -0.000000163. The number of carboxylic acids is 7. The van der Waals surface area contributed by atoms with Crippen LogP contribution in [0.4, 0.5) is 0 Å². The molecule has 0 saturated carbocycles. The predicted molar refractivity (Wildman–Crippen MR) is 218 cm³/mol. The third-order valence-corrected chi connectivity index (χ3v) is 7.95. The van der Waals surface area contributed by atoms with Crippen LogP contribution in [0.2, 0.25) is 0 Å². The number of unbranched alkanes of at least 4 members (excludes halogenated alkanes) is 2. The Bertz CT molecular complexity index is 1420. The standard InChI is InChI=1S/2C8H14O5.2C7H11NO4.C5H6O4.C2H7NO.2H2O/c2*9-4-2-1-3-6(8(12)13)5-7(10)11;2*9-2-1-8-4-5(7(11)12)3-6(8)10;1-3(5(8)9)2-4(6)7;3-1-2-4;;/h9,12-13H,1-5H2,(H,10,11);6,9H,1-5H2,(H,10,11)(H,12,13);2*5,9H,1-4H2,(H,11,12);1-2H2,(H,6,7)(H,8,9);4H,1-3H2;2*1H2/p-1. The van der Waals surface area contributed by atoms with Crippen molar-refractivity contribution in [3.8, 4) is 0 Å². The van der Waals surface area contributed by atoms with E-state index in [9.17, 15) is 48.3 Å². The van der Waals surface area contributed by atoms with Gasteiger partial charge in [0.2, 0.25) is 11.8 Å². The molecule has 2 aliphatic rings. The first-order valence-electron chi connectivity index (χ1n) is 19.0. The topological polar surface area (TPSA) is 535 Å². The summed E-state index contributed by atoms with van der Waals surface area (Å²) in [4.78, 5) is 96.3. The van der Waals surface area contributed by atoms with Gasteiger partial charge in [-0.05, 0) is 37.7 Å². The van der Waals surface area contributed by atoms with E-state index in [1.54, 1.807) is 0 Å². The van der Waals surface area contributed by atoms with Crippen molar-refractivity contribution in [2.75, 3.05) is 65.8 Å². The summed E-state index contributed by atoms with van der Waals surface area (Å²) in [7, 11) is 0. The number of aliphatic hydroxyl groups is 6. The first kappa shape index (κ1) is 70.6. The molecule has 3 unspecified atom stereocenters. The van der Waals surface area contributed by atoms with Crippen molar-refractivity contribution in [2.45, 2.75) is 70.6 Å². The number of nitrogens with zero attached hydrogens (tertiary/aromatic N) is 2. The summed E-state index contributed by atoms with van der Waals surface area (Å²) in [5, 5.41) is 119. The van der Waals surface area contributed by atoms with Crippen LogP contribution in [0.5, 0.6) is 0 Å². The molecule has 0 spiro atoms. The zero-order valence-electron chi connectivity index (χ0n) is 35.7. The van der Waals surface area contributed by atoms with Gasteiger partial charge in [-0.3, -0.25) is 38.4 Å². The van der Waals surface area contributed by atoms with Crippen LogP contribution in [0.25, 0.3) is 0 Å². The number of β-amino-alcohol motifs (C(OH)–C–C–N with tert-alkyl or cyclic N) is 2. The molecule has 0 radical (unpaired) electrons. The van der Waals surface area contributed by atoms with E-state index in [1.165, 1.54) is 9.80 Å². The summed E-state index contributed by atoms with van der Waals surface area (Å²) in [5.74, 6) is -11.2. The van der Waals surface area contributed by atoms with Crippen LogP contribution in [-0.2, 0) is 43.2 Å². The molecule has 3 atom stereocenters. The number of aliphatic hydroxyl groups excluding tert-OH is 6. The minimum atomic E-state index is -1.27. The molecule has 2 fully saturated rings. The molecule has 28 heteroatoms. The van der Waals surface area contributed by atoms with E-state index in [1.807, 2.05) is 0 Å². The van der Waals surface area contributed by atoms with Crippen LogP contribution in [0, 0.1) is 17.8 Å². The van der Waals surface area contributed by atoms with Gasteiger partial charge in [0.15, 0.2) is 0 Å². The Labute approximate surface area is 372 Å². The lowest BCUT2D eigenvalue weighted by molar-refractivity contribution is -0.350. The van der Waals surface area contributed by atoms with Gasteiger partial charge in [-0.15, -0.1) is 0 Å². The van der Waals surface area contributed by atoms with Gasteiger partial charge < -0.3 is 98.0 Å².